The lowest BCUT2D eigenvalue weighted by Crippen LogP contribution is -2.33. The lowest BCUT2D eigenvalue weighted by molar-refractivity contribution is -0.149. The van der Waals surface area contributed by atoms with Crippen molar-refractivity contribution in [1.82, 2.24) is 15.5 Å². The van der Waals surface area contributed by atoms with E-state index in [2.05, 4.69) is 15.5 Å². The molecule has 2 N–H and O–H groups in total. The van der Waals surface area contributed by atoms with Gasteiger partial charge in [-0.2, -0.15) is 10.2 Å². The van der Waals surface area contributed by atoms with E-state index in [9.17, 15) is 9.59 Å². The van der Waals surface area contributed by atoms with Crippen molar-refractivity contribution in [1.29, 1.82) is 0 Å². The van der Waals surface area contributed by atoms with Gasteiger partial charge in [0, 0.05) is 6.54 Å². The Morgan fingerprint density at radius 1 is 1.40 bits per heavy atom. The van der Waals surface area contributed by atoms with Crippen LogP contribution in [0.3, 0.4) is 0 Å². The van der Waals surface area contributed by atoms with Crippen molar-refractivity contribution in [3.63, 3.8) is 0 Å². The number of nitrogens with one attached hydrogen (secondary N) is 1. The number of carboxylic acids is 1. The van der Waals surface area contributed by atoms with Gasteiger partial charge in [0.05, 0.1) is 23.1 Å². The van der Waals surface area contributed by atoms with Crippen molar-refractivity contribution in [2.75, 3.05) is 6.54 Å². The van der Waals surface area contributed by atoms with Crippen molar-refractivity contribution in [2.24, 2.45) is 0 Å². The predicted octanol–water partition coefficient (Wildman–Crippen LogP) is 0.455. The van der Waals surface area contributed by atoms with Gasteiger partial charge in [-0.3, -0.25) is 4.79 Å². The Morgan fingerprint density at radius 3 is 2.80 bits per heavy atom. The van der Waals surface area contributed by atoms with Crippen LogP contribution >= 0.6 is 0 Å². The van der Waals surface area contributed by atoms with Crippen molar-refractivity contribution in [3.8, 4) is 0 Å². The minimum absolute atomic E-state index is 0.247. The molecular weight excluding hydrogens is 262 g/mol. The predicted molar refractivity (Wildman–Crippen MR) is 69.4 cm³/mol. The molecule has 1 aromatic rings. The molecule has 1 aromatic heterocycles. The van der Waals surface area contributed by atoms with Crippen LogP contribution in [0.1, 0.15) is 34.6 Å². The topological polar surface area (TPSA) is 101 Å². The highest BCUT2D eigenvalue weighted by molar-refractivity contribution is 5.95. The smallest absolute Gasteiger partial charge is 0.332 e. The Balaban J connectivity index is 1.90. The standard InChI is InChI=1S/C13H17N3O4/c1-7-5-10(8(2)16-15-7)12(17)14-6-9-3-4-11(20-9)13(18)19/h5,9,11H,3-4,6H2,1-2H3,(H,14,17)(H,18,19). The van der Waals surface area contributed by atoms with Crippen LogP contribution in [0.25, 0.3) is 0 Å². The molecule has 2 unspecified atom stereocenters. The van der Waals surface area contributed by atoms with Crippen LogP contribution in [-0.4, -0.2) is 45.9 Å². The van der Waals surface area contributed by atoms with Crippen LogP contribution in [0.2, 0.25) is 0 Å². The number of carbonyl (C=O) groups is 2. The van der Waals surface area contributed by atoms with Gasteiger partial charge in [0.25, 0.3) is 5.91 Å². The van der Waals surface area contributed by atoms with E-state index in [0.29, 0.717) is 36.3 Å². The molecule has 0 radical (unpaired) electrons. The molecule has 1 amide bonds. The molecule has 7 heteroatoms. The molecule has 2 heterocycles. The van der Waals surface area contributed by atoms with Crippen molar-refractivity contribution >= 4 is 11.9 Å². The number of carbonyl (C=O) groups excluding carboxylic acids is 1. The number of aromatic nitrogens is 2. The Bertz CT molecular complexity index is 532. The second-order valence-corrected chi connectivity index (χ2v) is 4.86. The molecular formula is C13H17N3O4. The first-order valence-electron chi connectivity index (χ1n) is 6.44. The van der Waals surface area contributed by atoms with Gasteiger partial charge < -0.3 is 15.2 Å². The summed E-state index contributed by atoms with van der Waals surface area (Å²) in [5.41, 5.74) is 1.71. The Kier molecular flexibility index (Phi) is 4.29. The van der Waals surface area contributed by atoms with E-state index in [0.717, 1.165) is 0 Å². The summed E-state index contributed by atoms with van der Waals surface area (Å²) < 4.78 is 5.32. The van der Waals surface area contributed by atoms with Gasteiger partial charge in [0.1, 0.15) is 0 Å². The number of hydrogen-bond donors (Lipinski definition) is 2. The molecule has 2 atom stereocenters. The first kappa shape index (κ1) is 14.4. The minimum Gasteiger partial charge on any atom is -0.479 e. The van der Waals surface area contributed by atoms with Crippen LogP contribution in [-0.2, 0) is 9.53 Å². The van der Waals surface area contributed by atoms with Gasteiger partial charge in [-0.05, 0) is 32.8 Å². The number of ether oxygens (including phenoxy) is 1. The number of hydrogen-bond acceptors (Lipinski definition) is 5. The molecule has 1 fully saturated rings. The van der Waals surface area contributed by atoms with Gasteiger partial charge in [-0.25, -0.2) is 4.79 Å². The van der Waals surface area contributed by atoms with Crippen LogP contribution in [0.5, 0.6) is 0 Å². The molecule has 0 aliphatic carbocycles. The van der Waals surface area contributed by atoms with Gasteiger partial charge in [-0.15, -0.1) is 0 Å². The Hall–Kier alpha value is -2.02. The average Bonchev–Trinajstić information content (AvgIpc) is 2.88. The normalized spacial score (nSPS) is 21.7. The van der Waals surface area contributed by atoms with E-state index >= 15 is 0 Å². The van der Waals surface area contributed by atoms with E-state index in [4.69, 9.17) is 9.84 Å². The highest BCUT2D eigenvalue weighted by Gasteiger charge is 2.30. The van der Waals surface area contributed by atoms with E-state index in [-0.39, 0.29) is 12.0 Å². The quantitative estimate of drug-likeness (QED) is 0.830. The number of carboxylic acid groups (broad SMARTS) is 1. The molecule has 20 heavy (non-hydrogen) atoms. The molecule has 108 valence electrons. The molecule has 2 rings (SSSR count). The number of rotatable bonds is 4. The van der Waals surface area contributed by atoms with Crippen LogP contribution in [0, 0.1) is 13.8 Å². The summed E-state index contributed by atoms with van der Waals surface area (Å²) >= 11 is 0. The fourth-order valence-corrected chi connectivity index (χ4v) is 2.12. The molecule has 1 saturated heterocycles. The average molecular weight is 279 g/mol. The zero-order valence-electron chi connectivity index (χ0n) is 11.4. The first-order valence-corrected chi connectivity index (χ1v) is 6.44. The molecule has 0 spiro atoms. The highest BCUT2D eigenvalue weighted by atomic mass is 16.5. The maximum atomic E-state index is 12.0. The van der Waals surface area contributed by atoms with E-state index in [1.54, 1.807) is 19.9 Å². The van der Waals surface area contributed by atoms with Gasteiger partial charge in [-0.1, -0.05) is 0 Å². The van der Waals surface area contributed by atoms with Crippen molar-refractivity contribution < 1.29 is 19.4 Å². The molecule has 0 saturated carbocycles. The minimum atomic E-state index is -0.955. The zero-order valence-corrected chi connectivity index (χ0v) is 11.4. The summed E-state index contributed by atoms with van der Waals surface area (Å²) in [6, 6.07) is 1.67. The lowest BCUT2D eigenvalue weighted by Gasteiger charge is -2.13. The van der Waals surface area contributed by atoms with Crippen LogP contribution in [0.4, 0.5) is 0 Å². The zero-order chi connectivity index (χ0) is 14.7. The van der Waals surface area contributed by atoms with E-state index in [1.165, 1.54) is 0 Å². The second-order valence-electron chi connectivity index (χ2n) is 4.86. The maximum Gasteiger partial charge on any atom is 0.332 e. The number of aryl methyl sites for hydroxylation is 2. The molecule has 1 aliphatic heterocycles. The summed E-state index contributed by atoms with van der Waals surface area (Å²) in [6.07, 6.45) is 0.0917. The highest BCUT2D eigenvalue weighted by Crippen LogP contribution is 2.19. The van der Waals surface area contributed by atoms with E-state index in [1.807, 2.05) is 0 Å². The summed E-state index contributed by atoms with van der Waals surface area (Å²) in [7, 11) is 0. The van der Waals surface area contributed by atoms with Gasteiger partial charge >= 0.3 is 5.97 Å². The fraction of sp³-hybridized carbons (Fsp3) is 0.538. The molecule has 0 aromatic carbocycles. The van der Waals surface area contributed by atoms with Gasteiger partial charge in [0.2, 0.25) is 0 Å². The summed E-state index contributed by atoms with van der Waals surface area (Å²) in [4.78, 5) is 22.8. The SMILES string of the molecule is Cc1cc(C(=O)NCC2CCC(C(=O)O)O2)c(C)nn1. The second kappa shape index (κ2) is 5.96. The number of aliphatic carboxylic acids is 1. The summed E-state index contributed by atoms with van der Waals surface area (Å²) in [5, 5.41) is 19.3. The fourth-order valence-electron chi connectivity index (χ4n) is 2.12. The maximum absolute atomic E-state index is 12.0. The molecule has 7 nitrogen and oxygen atoms in total. The van der Waals surface area contributed by atoms with Crippen LogP contribution < -0.4 is 5.32 Å². The van der Waals surface area contributed by atoms with E-state index < -0.39 is 12.1 Å². The summed E-state index contributed by atoms with van der Waals surface area (Å²) in [5.74, 6) is -1.20. The monoisotopic (exact) mass is 279 g/mol. The van der Waals surface area contributed by atoms with Crippen LogP contribution in [0.15, 0.2) is 6.07 Å². The Labute approximate surface area is 116 Å². The van der Waals surface area contributed by atoms with Gasteiger partial charge in [0.15, 0.2) is 6.10 Å². The largest absolute Gasteiger partial charge is 0.479 e. The number of nitrogens with zero attached hydrogens (tertiary/aromatic N) is 2. The van der Waals surface area contributed by atoms with Crippen molar-refractivity contribution in [3.05, 3.63) is 23.0 Å². The lowest BCUT2D eigenvalue weighted by atomic mass is 10.1. The van der Waals surface area contributed by atoms with Crippen molar-refractivity contribution in [2.45, 2.75) is 38.9 Å². The third-order valence-electron chi connectivity index (χ3n) is 3.22. The number of amides is 1. The summed E-state index contributed by atoms with van der Waals surface area (Å²) in [6.45, 7) is 3.78. The Morgan fingerprint density at radius 2 is 2.15 bits per heavy atom. The molecule has 1 aliphatic rings. The molecule has 0 bridgehead atoms. The first-order chi connectivity index (χ1) is 9.47. The third-order valence-corrected chi connectivity index (χ3v) is 3.22. The third kappa shape index (κ3) is 3.30.